The minimum atomic E-state index is -0.160. The Morgan fingerprint density at radius 3 is 2.53 bits per heavy atom. The van der Waals surface area contributed by atoms with Crippen LogP contribution in [0.3, 0.4) is 0 Å². The zero-order valence-electron chi connectivity index (χ0n) is 10.6. The minimum Gasteiger partial charge on any atom is -0.379 e. The maximum Gasteiger partial charge on any atom is 0.153 e. The lowest BCUT2D eigenvalue weighted by Crippen LogP contribution is -2.56. The third-order valence-corrected chi connectivity index (χ3v) is 4.14. The van der Waals surface area contributed by atoms with E-state index in [9.17, 15) is 4.79 Å². The molecule has 1 saturated heterocycles. The fraction of sp³-hybridized carbons (Fsp3) is 0.786. The fourth-order valence-corrected chi connectivity index (χ4v) is 3.19. The van der Waals surface area contributed by atoms with Crippen LogP contribution >= 0.6 is 0 Å². The van der Waals surface area contributed by atoms with Gasteiger partial charge in [-0.25, -0.2) is 0 Å². The molecular formula is C14H23NO2. The van der Waals surface area contributed by atoms with E-state index in [1.807, 2.05) is 6.08 Å². The molecule has 0 unspecified atom stereocenters. The summed E-state index contributed by atoms with van der Waals surface area (Å²) in [5.41, 5.74) is -0.160. The number of hydrogen-bond acceptors (Lipinski definition) is 3. The molecule has 0 aromatic heterocycles. The number of allylic oxidation sites excluding steroid dienone is 1. The maximum absolute atomic E-state index is 12.5. The van der Waals surface area contributed by atoms with Gasteiger partial charge in [0.2, 0.25) is 0 Å². The molecule has 2 rings (SSSR count). The molecule has 0 amide bonds. The lowest BCUT2D eigenvalue weighted by atomic mass is 9.87. The van der Waals surface area contributed by atoms with E-state index in [0.29, 0.717) is 12.2 Å². The summed E-state index contributed by atoms with van der Waals surface area (Å²) in [5.74, 6) is 0.428. The summed E-state index contributed by atoms with van der Waals surface area (Å²) < 4.78 is 5.40. The molecule has 0 aromatic rings. The zero-order chi connectivity index (χ0) is 12.1. The second kappa shape index (κ2) is 5.78. The molecule has 1 aliphatic heterocycles. The van der Waals surface area contributed by atoms with E-state index in [1.54, 1.807) is 0 Å². The van der Waals surface area contributed by atoms with E-state index >= 15 is 0 Å². The molecule has 0 aromatic carbocycles. The largest absolute Gasteiger partial charge is 0.379 e. The van der Waals surface area contributed by atoms with Crippen LogP contribution in [0.5, 0.6) is 0 Å². The summed E-state index contributed by atoms with van der Waals surface area (Å²) in [4.78, 5) is 14.9. The van der Waals surface area contributed by atoms with Gasteiger partial charge in [0.15, 0.2) is 5.78 Å². The summed E-state index contributed by atoms with van der Waals surface area (Å²) in [6.45, 7) is 7.09. The molecule has 1 heterocycles. The van der Waals surface area contributed by atoms with Gasteiger partial charge >= 0.3 is 0 Å². The normalized spacial score (nSPS) is 24.7. The molecule has 17 heavy (non-hydrogen) atoms. The molecule has 96 valence electrons. The quantitative estimate of drug-likeness (QED) is 0.686. The Hall–Kier alpha value is -0.670. The van der Waals surface area contributed by atoms with E-state index in [-0.39, 0.29) is 5.54 Å². The van der Waals surface area contributed by atoms with Crippen LogP contribution in [0.25, 0.3) is 0 Å². The van der Waals surface area contributed by atoms with Crippen molar-refractivity contribution >= 4 is 5.78 Å². The Balaban J connectivity index is 2.07. The number of morpholine rings is 1. The molecule has 0 atom stereocenters. The molecule has 0 radical (unpaired) electrons. The van der Waals surface area contributed by atoms with Crippen molar-refractivity contribution in [3.63, 3.8) is 0 Å². The number of nitrogens with zero attached hydrogens (tertiary/aromatic N) is 1. The number of carbonyl (C=O) groups excluding carboxylic acids is 1. The predicted octanol–water partition coefficient (Wildman–Crippen LogP) is 2.17. The highest BCUT2D eigenvalue weighted by Gasteiger charge is 2.45. The summed E-state index contributed by atoms with van der Waals surface area (Å²) in [5, 5.41) is 0. The van der Waals surface area contributed by atoms with Crippen LogP contribution in [0.2, 0.25) is 0 Å². The zero-order valence-corrected chi connectivity index (χ0v) is 10.6. The topological polar surface area (TPSA) is 29.5 Å². The van der Waals surface area contributed by atoms with Crippen LogP contribution in [-0.2, 0) is 9.53 Å². The highest BCUT2D eigenvalue weighted by molar-refractivity contribution is 5.88. The van der Waals surface area contributed by atoms with Gasteiger partial charge in [-0.2, -0.15) is 0 Å². The standard InChI is InChI=1S/C14H23NO2/c1-2-3-6-13(16)14(7-4-5-8-14)15-9-11-17-12-10-15/h2H,1,3-12H2. The molecule has 0 N–H and O–H groups in total. The summed E-state index contributed by atoms with van der Waals surface area (Å²) in [7, 11) is 0. The molecule has 3 nitrogen and oxygen atoms in total. The smallest absolute Gasteiger partial charge is 0.153 e. The van der Waals surface area contributed by atoms with Crippen molar-refractivity contribution in [1.29, 1.82) is 0 Å². The average molecular weight is 237 g/mol. The highest BCUT2D eigenvalue weighted by Crippen LogP contribution is 2.37. The third-order valence-electron chi connectivity index (χ3n) is 4.14. The third kappa shape index (κ3) is 2.61. The Labute approximate surface area is 104 Å². The van der Waals surface area contributed by atoms with Crippen LogP contribution in [0.15, 0.2) is 12.7 Å². The van der Waals surface area contributed by atoms with Gasteiger partial charge in [-0.1, -0.05) is 18.9 Å². The second-order valence-corrected chi connectivity index (χ2v) is 5.09. The molecule has 1 aliphatic carbocycles. The molecule has 1 saturated carbocycles. The van der Waals surface area contributed by atoms with Crippen molar-refractivity contribution in [2.24, 2.45) is 0 Å². The Morgan fingerprint density at radius 1 is 1.29 bits per heavy atom. The van der Waals surface area contributed by atoms with Gasteiger partial charge in [-0.15, -0.1) is 6.58 Å². The van der Waals surface area contributed by atoms with Crippen molar-refractivity contribution in [2.75, 3.05) is 26.3 Å². The van der Waals surface area contributed by atoms with E-state index in [2.05, 4.69) is 11.5 Å². The van der Waals surface area contributed by atoms with E-state index in [1.165, 1.54) is 12.8 Å². The van der Waals surface area contributed by atoms with Crippen molar-refractivity contribution < 1.29 is 9.53 Å². The average Bonchev–Trinajstić information content (AvgIpc) is 2.87. The van der Waals surface area contributed by atoms with Gasteiger partial charge in [0, 0.05) is 19.5 Å². The summed E-state index contributed by atoms with van der Waals surface area (Å²) in [6.07, 6.45) is 7.78. The fourth-order valence-electron chi connectivity index (χ4n) is 3.19. The number of hydrogen-bond donors (Lipinski definition) is 0. The predicted molar refractivity (Wildman–Crippen MR) is 68.0 cm³/mol. The van der Waals surface area contributed by atoms with Gasteiger partial charge in [-0.05, 0) is 19.3 Å². The SMILES string of the molecule is C=CCCC(=O)C1(N2CCOCC2)CCCC1. The van der Waals surface area contributed by atoms with Crippen LogP contribution in [0.1, 0.15) is 38.5 Å². The first-order valence-electron chi connectivity index (χ1n) is 6.76. The number of rotatable bonds is 5. The molecule has 2 fully saturated rings. The number of ketones is 1. The minimum absolute atomic E-state index is 0.160. The van der Waals surface area contributed by atoms with Gasteiger partial charge in [-0.3, -0.25) is 9.69 Å². The van der Waals surface area contributed by atoms with Crippen LogP contribution in [0.4, 0.5) is 0 Å². The maximum atomic E-state index is 12.5. The van der Waals surface area contributed by atoms with Crippen molar-refractivity contribution in [2.45, 2.75) is 44.1 Å². The first kappa shape index (κ1) is 12.8. The molecule has 3 heteroatoms. The summed E-state index contributed by atoms with van der Waals surface area (Å²) >= 11 is 0. The Kier molecular flexibility index (Phi) is 4.35. The first-order chi connectivity index (χ1) is 8.29. The highest BCUT2D eigenvalue weighted by atomic mass is 16.5. The van der Waals surface area contributed by atoms with Gasteiger partial charge < -0.3 is 4.74 Å². The number of Topliss-reactive ketones (excluding diaryl/α,β-unsaturated/α-hetero) is 1. The van der Waals surface area contributed by atoms with Crippen molar-refractivity contribution in [3.05, 3.63) is 12.7 Å². The monoisotopic (exact) mass is 237 g/mol. The molecule has 0 bridgehead atoms. The van der Waals surface area contributed by atoms with E-state index < -0.39 is 0 Å². The lowest BCUT2D eigenvalue weighted by Gasteiger charge is -2.42. The van der Waals surface area contributed by atoms with E-state index in [0.717, 1.165) is 45.6 Å². The van der Waals surface area contributed by atoms with Gasteiger partial charge in [0.1, 0.15) is 0 Å². The molecule has 0 spiro atoms. The van der Waals surface area contributed by atoms with Crippen LogP contribution in [-0.4, -0.2) is 42.5 Å². The van der Waals surface area contributed by atoms with E-state index in [4.69, 9.17) is 4.74 Å². The lowest BCUT2D eigenvalue weighted by molar-refractivity contribution is -0.134. The number of carbonyl (C=O) groups is 1. The molecular weight excluding hydrogens is 214 g/mol. The second-order valence-electron chi connectivity index (χ2n) is 5.09. The Bertz CT molecular complexity index is 276. The summed E-state index contributed by atoms with van der Waals surface area (Å²) in [6, 6.07) is 0. The molecule has 2 aliphatic rings. The van der Waals surface area contributed by atoms with Crippen LogP contribution in [0, 0.1) is 0 Å². The number of ether oxygens (including phenoxy) is 1. The van der Waals surface area contributed by atoms with Crippen LogP contribution < -0.4 is 0 Å². The van der Waals surface area contributed by atoms with Gasteiger partial charge in [0.25, 0.3) is 0 Å². The van der Waals surface area contributed by atoms with Crippen molar-refractivity contribution in [1.82, 2.24) is 4.90 Å². The van der Waals surface area contributed by atoms with Gasteiger partial charge in [0.05, 0.1) is 18.8 Å². The van der Waals surface area contributed by atoms with Crippen molar-refractivity contribution in [3.8, 4) is 0 Å². The first-order valence-corrected chi connectivity index (χ1v) is 6.76. The Morgan fingerprint density at radius 2 is 1.94 bits per heavy atom.